The number of aromatic amines is 1. The number of hydrogen-bond donors (Lipinski definition) is 1. The van der Waals surface area contributed by atoms with Crippen LogP contribution in [-0.4, -0.2) is 35.5 Å². The van der Waals surface area contributed by atoms with Crippen LogP contribution < -0.4 is 4.74 Å². The summed E-state index contributed by atoms with van der Waals surface area (Å²) in [7, 11) is 0. The number of rotatable bonds is 6. The lowest BCUT2D eigenvalue weighted by Crippen LogP contribution is -2.37. The van der Waals surface area contributed by atoms with E-state index in [1.54, 1.807) is 0 Å². The van der Waals surface area contributed by atoms with Crippen LogP contribution in [0.15, 0.2) is 60.8 Å². The number of carbonyl (C=O) groups is 1. The van der Waals surface area contributed by atoms with E-state index in [1.807, 2.05) is 35.2 Å². The number of fused-ring (bicyclic) bond motifs is 1. The van der Waals surface area contributed by atoms with E-state index in [0.29, 0.717) is 18.9 Å². The molecule has 0 radical (unpaired) electrons. The van der Waals surface area contributed by atoms with Crippen LogP contribution in [0.25, 0.3) is 10.9 Å². The van der Waals surface area contributed by atoms with E-state index in [-0.39, 0.29) is 5.91 Å². The zero-order valence-electron chi connectivity index (χ0n) is 15.6. The summed E-state index contributed by atoms with van der Waals surface area (Å²) in [4.78, 5) is 17.9. The van der Waals surface area contributed by atoms with Crippen molar-refractivity contribution in [3.8, 4) is 5.75 Å². The van der Waals surface area contributed by atoms with Gasteiger partial charge >= 0.3 is 0 Å². The monoisotopic (exact) mass is 362 g/mol. The van der Waals surface area contributed by atoms with Crippen LogP contribution in [0.1, 0.15) is 37.2 Å². The first-order valence-electron chi connectivity index (χ1n) is 9.83. The molecule has 4 nitrogen and oxygen atoms in total. The third kappa shape index (κ3) is 4.16. The van der Waals surface area contributed by atoms with Gasteiger partial charge in [0.2, 0.25) is 5.91 Å². The Morgan fingerprint density at radius 2 is 1.78 bits per heavy atom. The van der Waals surface area contributed by atoms with Crippen molar-refractivity contribution < 1.29 is 9.53 Å². The van der Waals surface area contributed by atoms with Crippen LogP contribution >= 0.6 is 0 Å². The minimum absolute atomic E-state index is 0.254. The Labute approximate surface area is 160 Å². The Bertz CT molecular complexity index is 880. The molecule has 0 unspecified atom stereocenters. The molecule has 1 aliphatic rings. The van der Waals surface area contributed by atoms with Crippen LogP contribution in [-0.2, 0) is 4.79 Å². The number of hydrogen-bond acceptors (Lipinski definition) is 2. The van der Waals surface area contributed by atoms with Crippen LogP contribution in [0, 0.1) is 0 Å². The van der Waals surface area contributed by atoms with Crippen molar-refractivity contribution in [3.05, 3.63) is 66.4 Å². The zero-order chi connectivity index (χ0) is 18.5. The molecule has 0 aliphatic carbocycles. The number of nitrogens with one attached hydrogen (secondary N) is 1. The van der Waals surface area contributed by atoms with Gasteiger partial charge in [0.15, 0.2) is 0 Å². The molecule has 0 saturated carbocycles. The number of H-pyrrole nitrogens is 1. The van der Waals surface area contributed by atoms with Gasteiger partial charge < -0.3 is 14.6 Å². The SMILES string of the molecule is O=C(CCCOc1ccccc1)N1CCC(c2c[nH]c3ccccc23)CC1. The summed E-state index contributed by atoms with van der Waals surface area (Å²) in [5.41, 5.74) is 2.60. The van der Waals surface area contributed by atoms with Gasteiger partial charge in [-0.05, 0) is 48.9 Å². The summed E-state index contributed by atoms with van der Waals surface area (Å²) in [6, 6.07) is 18.2. The van der Waals surface area contributed by atoms with Crippen LogP contribution in [0.5, 0.6) is 5.75 Å². The van der Waals surface area contributed by atoms with E-state index in [2.05, 4.69) is 35.4 Å². The number of para-hydroxylation sites is 2. The number of likely N-dealkylation sites (tertiary alicyclic amines) is 1. The highest BCUT2D eigenvalue weighted by Gasteiger charge is 2.25. The molecule has 1 N–H and O–H groups in total. The van der Waals surface area contributed by atoms with Gasteiger partial charge in [0.25, 0.3) is 0 Å². The molecule has 0 atom stereocenters. The summed E-state index contributed by atoms with van der Waals surface area (Å²) in [5.74, 6) is 1.65. The number of ether oxygens (including phenoxy) is 1. The maximum Gasteiger partial charge on any atom is 0.222 e. The molecule has 0 spiro atoms. The lowest BCUT2D eigenvalue weighted by Gasteiger charge is -2.32. The number of benzene rings is 2. The third-order valence-electron chi connectivity index (χ3n) is 5.46. The number of carbonyl (C=O) groups excluding carboxylic acids is 1. The lowest BCUT2D eigenvalue weighted by atomic mass is 9.89. The fraction of sp³-hybridized carbons (Fsp3) is 0.348. The van der Waals surface area contributed by atoms with E-state index in [1.165, 1.54) is 16.5 Å². The van der Waals surface area contributed by atoms with Crippen molar-refractivity contribution in [2.45, 2.75) is 31.6 Å². The van der Waals surface area contributed by atoms with Crippen molar-refractivity contribution in [2.75, 3.05) is 19.7 Å². The number of piperidine rings is 1. The molecule has 27 heavy (non-hydrogen) atoms. The lowest BCUT2D eigenvalue weighted by molar-refractivity contribution is -0.132. The molecule has 0 bridgehead atoms. The summed E-state index contributed by atoms with van der Waals surface area (Å²) >= 11 is 0. The van der Waals surface area contributed by atoms with Crippen molar-refractivity contribution in [1.29, 1.82) is 0 Å². The van der Waals surface area contributed by atoms with E-state index < -0.39 is 0 Å². The van der Waals surface area contributed by atoms with Gasteiger partial charge in [-0.3, -0.25) is 4.79 Å². The Morgan fingerprint density at radius 3 is 2.59 bits per heavy atom. The molecule has 2 aromatic carbocycles. The van der Waals surface area contributed by atoms with Gasteiger partial charge in [0.05, 0.1) is 6.61 Å². The Morgan fingerprint density at radius 1 is 1.04 bits per heavy atom. The number of aromatic nitrogens is 1. The maximum absolute atomic E-state index is 12.5. The highest BCUT2D eigenvalue weighted by molar-refractivity contribution is 5.83. The predicted octanol–water partition coefficient (Wildman–Crippen LogP) is 4.73. The normalized spacial score (nSPS) is 15.2. The van der Waals surface area contributed by atoms with Crippen molar-refractivity contribution >= 4 is 16.8 Å². The van der Waals surface area contributed by atoms with Gasteiger partial charge in [0, 0.05) is 36.6 Å². The van der Waals surface area contributed by atoms with Crippen molar-refractivity contribution in [1.82, 2.24) is 9.88 Å². The molecule has 4 heteroatoms. The minimum atomic E-state index is 0.254. The molecule has 140 valence electrons. The topological polar surface area (TPSA) is 45.3 Å². The molecule has 1 fully saturated rings. The fourth-order valence-electron chi connectivity index (χ4n) is 3.96. The predicted molar refractivity (Wildman–Crippen MR) is 108 cm³/mol. The first kappa shape index (κ1) is 17.7. The van der Waals surface area contributed by atoms with Crippen LogP contribution in [0.4, 0.5) is 0 Å². The minimum Gasteiger partial charge on any atom is -0.494 e. The van der Waals surface area contributed by atoms with E-state index in [9.17, 15) is 4.79 Å². The maximum atomic E-state index is 12.5. The molecule has 1 saturated heterocycles. The number of amides is 1. The summed E-state index contributed by atoms with van der Waals surface area (Å²) < 4.78 is 5.68. The van der Waals surface area contributed by atoms with E-state index in [4.69, 9.17) is 4.74 Å². The molecule has 3 aromatic rings. The Balaban J connectivity index is 1.23. The van der Waals surface area contributed by atoms with Gasteiger partial charge in [-0.1, -0.05) is 36.4 Å². The van der Waals surface area contributed by atoms with Crippen molar-refractivity contribution in [3.63, 3.8) is 0 Å². The molecule has 1 aliphatic heterocycles. The third-order valence-corrected chi connectivity index (χ3v) is 5.46. The Hall–Kier alpha value is -2.75. The summed E-state index contributed by atoms with van der Waals surface area (Å²) in [6.45, 7) is 2.28. The Kier molecular flexibility index (Phi) is 5.42. The average Bonchev–Trinajstić information content (AvgIpc) is 3.16. The van der Waals surface area contributed by atoms with Gasteiger partial charge in [0.1, 0.15) is 5.75 Å². The molecule has 2 heterocycles. The molecular weight excluding hydrogens is 336 g/mol. The quantitative estimate of drug-likeness (QED) is 0.644. The molecule has 4 rings (SSSR count). The highest BCUT2D eigenvalue weighted by atomic mass is 16.5. The van der Waals surface area contributed by atoms with Gasteiger partial charge in [-0.2, -0.15) is 0 Å². The standard InChI is InChI=1S/C23H26N2O2/c26-23(11-6-16-27-19-7-2-1-3-8-19)25-14-12-18(13-15-25)21-17-24-22-10-5-4-9-20(21)22/h1-5,7-10,17-18,24H,6,11-16H2. The smallest absolute Gasteiger partial charge is 0.222 e. The number of nitrogens with zero attached hydrogens (tertiary/aromatic N) is 1. The highest BCUT2D eigenvalue weighted by Crippen LogP contribution is 2.33. The van der Waals surface area contributed by atoms with Gasteiger partial charge in [-0.25, -0.2) is 0 Å². The summed E-state index contributed by atoms with van der Waals surface area (Å²) in [5, 5.41) is 1.32. The van der Waals surface area contributed by atoms with Crippen molar-refractivity contribution in [2.24, 2.45) is 0 Å². The average molecular weight is 362 g/mol. The fourth-order valence-corrected chi connectivity index (χ4v) is 3.96. The van der Waals surface area contributed by atoms with Crippen LogP contribution in [0.3, 0.4) is 0 Å². The van der Waals surface area contributed by atoms with E-state index >= 15 is 0 Å². The summed E-state index contributed by atoms with van der Waals surface area (Å²) in [6.07, 6.45) is 5.54. The second kappa shape index (κ2) is 8.30. The second-order valence-electron chi connectivity index (χ2n) is 7.21. The van der Waals surface area contributed by atoms with Gasteiger partial charge in [-0.15, -0.1) is 0 Å². The van der Waals surface area contributed by atoms with Crippen LogP contribution in [0.2, 0.25) is 0 Å². The van der Waals surface area contributed by atoms with E-state index in [0.717, 1.165) is 38.1 Å². The first-order chi connectivity index (χ1) is 13.3. The second-order valence-corrected chi connectivity index (χ2v) is 7.21. The largest absolute Gasteiger partial charge is 0.494 e. The molecular formula is C23H26N2O2. The molecule has 1 aromatic heterocycles. The molecule has 1 amide bonds. The zero-order valence-corrected chi connectivity index (χ0v) is 15.6. The first-order valence-corrected chi connectivity index (χ1v) is 9.83.